The lowest BCUT2D eigenvalue weighted by Gasteiger charge is -2.29. The van der Waals surface area contributed by atoms with E-state index in [4.69, 9.17) is 4.98 Å². The van der Waals surface area contributed by atoms with Gasteiger partial charge in [-0.15, -0.1) is 10.2 Å². The number of nitrogens with zero attached hydrogens (tertiary/aromatic N) is 5. The Kier molecular flexibility index (Phi) is 4.87. The summed E-state index contributed by atoms with van der Waals surface area (Å²) in [5, 5.41) is 29.0. The molecular weight excluding hydrogens is 447 g/mol. The molecule has 2 fully saturated rings. The molecule has 4 heterocycles. The van der Waals surface area contributed by atoms with E-state index in [2.05, 4.69) is 16.3 Å². The number of β-amino-alcohol motifs (C(OH)–C–C–N with tert-alkyl or cyclic N) is 2. The van der Waals surface area contributed by atoms with E-state index in [1.165, 1.54) is 28.3 Å². The third-order valence-corrected chi connectivity index (χ3v) is 6.70. The highest BCUT2D eigenvalue weighted by Gasteiger charge is 2.48. The standard InChI is InChI=1S/C24H22F3N5O2/c25-24(26,27)22(31-11-18(33)19(34)12-31)15-7-9-20-29-30-23(32(20)10-15)17-8-6-14-2-1-3-16(13-4-5-13)21(14)28-17/h1-3,6-10,13,18-19,22,33-34H,4-5,11-12H2/t18-,19-,22-/m1/s1. The summed E-state index contributed by atoms with van der Waals surface area (Å²) in [4.78, 5) is 5.88. The summed E-state index contributed by atoms with van der Waals surface area (Å²) in [6.07, 6.45) is -3.42. The van der Waals surface area contributed by atoms with Crippen LogP contribution in [0.25, 0.3) is 28.1 Å². The van der Waals surface area contributed by atoms with E-state index in [-0.39, 0.29) is 18.7 Å². The van der Waals surface area contributed by atoms with Crippen molar-refractivity contribution in [1.29, 1.82) is 0 Å². The number of hydrogen-bond donors (Lipinski definition) is 2. The lowest BCUT2D eigenvalue weighted by atomic mass is 10.1. The Morgan fingerprint density at radius 1 is 0.941 bits per heavy atom. The first kappa shape index (κ1) is 21.5. The highest BCUT2D eigenvalue weighted by atomic mass is 19.4. The molecule has 2 N–H and O–H groups in total. The van der Waals surface area contributed by atoms with Crippen LogP contribution in [0.5, 0.6) is 0 Å². The summed E-state index contributed by atoms with van der Waals surface area (Å²) in [5.74, 6) is 0.846. The van der Waals surface area contributed by atoms with Crippen molar-refractivity contribution in [2.24, 2.45) is 0 Å². The molecular formula is C24H22F3N5O2. The minimum atomic E-state index is -4.61. The summed E-state index contributed by atoms with van der Waals surface area (Å²) in [6, 6.07) is 10.7. The van der Waals surface area contributed by atoms with E-state index in [0.717, 1.165) is 28.6 Å². The second-order valence-electron chi connectivity index (χ2n) is 9.14. The van der Waals surface area contributed by atoms with Gasteiger partial charge >= 0.3 is 6.18 Å². The predicted molar refractivity (Wildman–Crippen MR) is 118 cm³/mol. The molecule has 3 atom stereocenters. The van der Waals surface area contributed by atoms with Gasteiger partial charge in [0.2, 0.25) is 0 Å². The van der Waals surface area contributed by atoms with E-state index in [9.17, 15) is 23.4 Å². The van der Waals surface area contributed by atoms with Gasteiger partial charge in [-0.25, -0.2) is 4.98 Å². The second-order valence-corrected chi connectivity index (χ2v) is 9.14. The maximum Gasteiger partial charge on any atom is 0.408 e. The van der Waals surface area contributed by atoms with Crippen LogP contribution in [0.15, 0.2) is 48.7 Å². The molecule has 1 aromatic carbocycles. The van der Waals surface area contributed by atoms with Gasteiger partial charge in [0.15, 0.2) is 11.5 Å². The Bertz CT molecular complexity index is 1370. The maximum absolute atomic E-state index is 14.1. The number of aliphatic hydroxyl groups is 2. The van der Waals surface area contributed by atoms with E-state index in [1.54, 1.807) is 6.07 Å². The molecule has 34 heavy (non-hydrogen) atoms. The molecule has 10 heteroatoms. The number of halogens is 3. The quantitative estimate of drug-likeness (QED) is 0.476. The number of aliphatic hydroxyl groups excluding tert-OH is 2. The third-order valence-electron chi connectivity index (χ3n) is 6.70. The van der Waals surface area contributed by atoms with E-state index >= 15 is 0 Å². The monoisotopic (exact) mass is 469 g/mol. The smallest absolute Gasteiger partial charge is 0.389 e. The molecule has 3 aromatic heterocycles. The van der Waals surface area contributed by atoms with Gasteiger partial charge in [-0.05, 0) is 42.0 Å². The summed E-state index contributed by atoms with van der Waals surface area (Å²) >= 11 is 0. The van der Waals surface area contributed by atoms with Crippen molar-refractivity contribution in [1.82, 2.24) is 24.5 Å². The number of para-hydroxylation sites is 1. The zero-order valence-corrected chi connectivity index (χ0v) is 18.0. The number of pyridine rings is 2. The SMILES string of the molecule is O[C@@H]1CN([C@H](c2ccc3nnc(-c4ccc5cccc(C6CC6)c5n4)n3c2)C(F)(F)F)C[C@H]1O. The largest absolute Gasteiger partial charge is 0.408 e. The van der Waals surface area contributed by atoms with E-state index in [0.29, 0.717) is 23.1 Å². The predicted octanol–water partition coefficient (Wildman–Crippen LogP) is 3.46. The fourth-order valence-corrected chi connectivity index (χ4v) is 4.88. The van der Waals surface area contributed by atoms with Crippen molar-refractivity contribution < 1.29 is 23.4 Å². The highest BCUT2D eigenvalue weighted by Crippen LogP contribution is 2.43. The molecule has 0 radical (unpaired) electrons. The first-order valence-electron chi connectivity index (χ1n) is 11.2. The molecule has 1 aliphatic heterocycles. The van der Waals surface area contributed by atoms with Crippen LogP contribution in [0.4, 0.5) is 13.2 Å². The van der Waals surface area contributed by atoms with Crippen molar-refractivity contribution in [3.63, 3.8) is 0 Å². The van der Waals surface area contributed by atoms with Crippen LogP contribution in [0.1, 0.15) is 35.9 Å². The topological polar surface area (TPSA) is 86.8 Å². The minimum Gasteiger partial charge on any atom is -0.389 e. The number of alkyl halides is 3. The van der Waals surface area contributed by atoms with E-state index < -0.39 is 24.4 Å². The molecule has 6 rings (SSSR count). The van der Waals surface area contributed by atoms with Crippen LogP contribution in [-0.2, 0) is 0 Å². The number of aromatic nitrogens is 4. The van der Waals surface area contributed by atoms with Crippen LogP contribution in [0, 0.1) is 0 Å². The minimum absolute atomic E-state index is 0.0261. The lowest BCUT2D eigenvalue weighted by molar-refractivity contribution is -0.185. The Morgan fingerprint density at radius 3 is 2.41 bits per heavy atom. The number of likely N-dealkylation sites (tertiary alicyclic amines) is 1. The molecule has 0 amide bonds. The average Bonchev–Trinajstić information content (AvgIpc) is 3.48. The Labute approximate surface area is 192 Å². The molecule has 1 saturated carbocycles. The van der Waals surface area contributed by atoms with Gasteiger partial charge in [-0.2, -0.15) is 13.2 Å². The normalized spacial score (nSPS) is 22.6. The van der Waals surface area contributed by atoms with Crippen molar-refractivity contribution >= 4 is 16.6 Å². The van der Waals surface area contributed by atoms with Crippen molar-refractivity contribution in [2.45, 2.75) is 43.2 Å². The Morgan fingerprint density at radius 2 is 1.71 bits per heavy atom. The van der Waals surface area contributed by atoms with Crippen molar-refractivity contribution in [2.75, 3.05) is 13.1 Å². The van der Waals surface area contributed by atoms with Gasteiger partial charge < -0.3 is 10.2 Å². The van der Waals surface area contributed by atoms with Crippen molar-refractivity contribution in [3.05, 3.63) is 59.8 Å². The van der Waals surface area contributed by atoms with Crippen molar-refractivity contribution in [3.8, 4) is 11.5 Å². The summed E-state index contributed by atoms with van der Waals surface area (Å²) < 4.78 is 43.8. The molecule has 4 aromatic rings. The van der Waals surface area contributed by atoms with Crippen LogP contribution in [-0.4, -0.2) is 66.2 Å². The van der Waals surface area contributed by atoms with Crippen LogP contribution in [0.2, 0.25) is 0 Å². The molecule has 2 aliphatic rings. The molecule has 176 valence electrons. The molecule has 0 spiro atoms. The highest BCUT2D eigenvalue weighted by molar-refractivity contribution is 5.84. The van der Waals surface area contributed by atoms with Gasteiger partial charge in [-0.3, -0.25) is 9.30 Å². The molecule has 1 saturated heterocycles. The second kappa shape index (κ2) is 7.72. The Hall–Kier alpha value is -3.08. The van der Waals surface area contributed by atoms with Crippen LogP contribution >= 0.6 is 0 Å². The van der Waals surface area contributed by atoms with Crippen LogP contribution < -0.4 is 0 Å². The van der Waals surface area contributed by atoms with Gasteiger partial charge in [0.05, 0.1) is 17.7 Å². The number of fused-ring (bicyclic) bond motifs is 2. The first-order valence-corrected chi connectivity index (χ1v) is 11.2. The molecule has 7 nitrogen and oxygen atoms in total. The van der Waals surface area contributed by atoms with Gasteiger partial charge in [0.25, 0.3) is 0 Å². The zero-order valence-electron chi connectivity index (χ0n) is 18.0. The fraction of sp³-hybridized carbons (Fsp3) is 0.375. The molecule has 0 bridgehead atoms. The van der Waals surface area contributed by atoms with Crippen LogP contribution in [0.3, 0.4) is 0 Å². The summed E-state index contributed by atoms with van der Waals surface area (Å²) in [7, 11) is 0. The first-order chi connectivity index (χ1) is 16.3. The number of benzene rings is 1. The Balaban J connectivity index is 1.45. The number of rotatable bonds is 4. The van der Waals surface area contributed by atoms with Gasteiger partial charge in [-0.1, -0.05) is 30.3 Å². The zero-order chi connectivity index (χ0) is 23.6. The maximum atomic E-state index is 14.1. The third kappa shape index (κ3) is 3.62. The lowest BCUT2D eigenvalue weighted by Crippen LogP contribution is -2.38. The molecule has 0 unspecified atom stereocenters. The average molecular weight is 469 g/mol. The number of hydrogen-bond acceptors (Lipinski definition) is 6. The van der Waals surface area contributed by atoms with Gasteiger partial charge in [0, 0.05) is 24.7 Å². The summed E-state index contributed by atoms with van der Waals surface area (Å²) in [6.45, 7) is -0.539. The molecule has 1 aliphatic carbocycles. The van der Waals surface area contributed by atoms with Gasteiger partial charge in [0.1, 0.15) is 11.7 Å². The fourth-order valence-electron chi connectivity index (χ4n) is 4.88. The summed E-state index contributed by atoms with van der Waals surface area (Å²) in [5.41, 5.74) is 2.96. The van der Waals surface area contributed by atoms with E-state index in [1.807, 2.05) is 18.2 Å².